The van der Waals surface area contributed by atoms with Gasteiger partial charge in [-0.2, -0.15) is 0 Å². The summed E-state index contributed by atoms with van der Waals surface area (Å²) < 4.78 is 10.5. The molecular formula is C20H26N2O4S. The van der Waals surface area contributed by atoms with Gasteiger partial charge in [-0.15, -0.1) is 11.8 Å². The van der Waals surface area contributed by atoms with E-state index in [2.05, 4.69) is 5.32 Å². The minimum atomic E-state index is -0.510. The fourth-order valence-corrected chi connectivity index (χ4v) is 6.19. The van der Waals surface area contributed by atoms with Gasteiger partial charge in [-0.05, 0) is 32.8 Å². The average Bonchev–Trinajstić information content (AvgIpc) is 3.30. The number of carbonyl (C=O) groups is 2. The van der Waals surface area contributed by atoms with E-state index in [9.17, 15) is 9.59 Å². The van der Waals surface area contributed by atoms with E-state index in [0.717, 1.165) is 31.2 Å². The van der Waals surface area contributed by atoms with E-state index in [-0.39, 0.29) is 28.0 Å². The Labute approximate surface area is 164 Å². The van der Waals surface area contributed by atoms with Crippen LogP contribution in [0.4, 0.5) is 0 Å². The van der Waals surface area contributed by atoms with Crippen molar-refractivity contribution in [3.05, 3.63) is 23.3 Å². The molecule has 0 bridgehead atoms. The second kappa shape index (κ2) is 6.62. The van der Waals surface area contributed by atoms with E-state index in [1.165, 1.54) is 7.11 Å². The number of benzene rings is 1. The van der Waals surface area contributed by atoms with Crippen LogP contribution < -0.4 is 14.8 Å². The van der Waals surface area contributed by atoms with Crippen LogP contribution in [0.1, 0.15) is 60.8 Å². The Balaban J connectivity index is 1.70. The van der Waals surface area contributed by atoms with Crippen LogP contribution in [0.5, 0.6) is 11.5 Å². The predicted molar refractivity (Wildman–Crippen MR) is 104 cm³/mol. The van der Waals surface area contributed by atoms with Crippen molar-refractivity contribution in [3.8, 4) is 11.5 Å². The Hall–Kier alpha value is -1.89. The van der Waals surface area contributed by atoms with Gasteiger partial charge in [0.1, 0.15) is 11.4 Å². The van der Waals surface area contributed by atoms with E-state index >= 15 is 0 Å². The lowest BCUT2D eigenvalue weighted by Crippen LogP contribution is -2.54. The summed E-state index contributed by atoms with van der Waals surface area (Å²) in [4.78, 5) is 28.3. The normalized spacial score (nSPS) is 26.1. The zero-order valence-electron chi connectivity index (χ0n) is 16.2. The summed E-state index contributed by atoms with van der Waals surface area (Å²) in [5.41, 5.74) is 1.41. The third kappa shape index (κ3) is 2.78. The summed E-state index contributed by atoms with van der Waals surface area (Å²) in [7, 11) is 3.09. The Bertz CT molecular complexity index is 788. The van der Waals surface area contributed by atoms with Crippen molar-refractivity contribution >= 4 is 23.6 Å². The van der Waals surface area contributed by atoms with Crippen LogP contribution in [0, 0.1) is 0 Å². The van der Waals surface area contributed by atoms with Gasteiger partial charge in [-0.3, -0.25) is 9.59 Å². The summed E-state index contributed by atoms with van der Waals surface area (Å²) in [6.45, 7) is 4.09. The molecule has 7 heteroatoms. The summed E-state index contributed by atoms with van der Waals surface area (Å²) >= 11 is 1.66. The monoisotopic (exact) mass is 390 g/mol. The molecule has 2 atom stereocenters. The van der Waals surface area contributed by atoms with Crippen molar-refractivity contribution in [2.24, 2.45) is 0 Å². The number of hydrogen-bond donors (Lipinski definition) is 1. The van der Waals surface area contributed by atoms with E-state index in [0.29, 0.717) is 17.1 Å². The average molecular weight is 391 g/mol. The zero-order chi connectivity index (χ0) is 19.3. The van der Waals surface area contributed by atoms with Gasteiger partial charge in [-0.25, -0.2) is 0 Å². The summed E-state index contributed by atoms with van der Waals surface area (Å²) in [5, 5.41) is 3.01. The minimum absolute atomic E-state index is 0.0472. The quantitative estimate of drug-likeness (QED) is 0.856. The molecule has 2 aliphatic heterocycles. The molecule has 0 unspecified atom stereocenters. The maximum atomic E-state index is 13.4. The number of carbonyl (C=O) groups excluding carboxylic acids is 2. The molecule has 1 aromatic rings. The lowest BCUT2D eigenvalue weighted by molar-refractivity contribution is -0.126. The topological polar surface area (TPSA) is 67.9 Å². The molecular weight excluding hydrogens is 364 g/mol. The number of methoxy groups -OCH3 is 2. The summed E-state index contributed by atoms with van der Waals surface area (Å²) in [6, 6.07) is 3.46. The first kappa shape index (κ1) is 18.5. The van der Waals surface area contributed by atoms with Crippen LogP contribution in [0.3, 0.4) is 0 Å². The molecule has 0 aromatic heterocycles. The number of fused-ring (bicyclic) bond motifs is 3. The largest absolute Gasteiger partial charge is 0.493 e. The first-order valence-corrected chi connectivity index (χ1v) is 10.3. The molecule has 4 rings (SSSR count). The molecule has 27 heavy (non-hydrogen) atoms. The molecule has 6 nitrogen and oxygen atoms in total. The van der Waals surface area contributed by atoms with Crippen LogP contribution in [0.2, 0.25) is 0 Å². The molecule has 2 amide bonds. The Morgan fingerprint density at radius 3 is 2.56 bits per heavy atom. The first-order chi connectivity index (χ1) is 12.9. The summed E-state index contributed by atoms with van der Waals surface area (Å²) in [6.07, 6.45) is 4.35. The van der Waals surface area contributed by atoms with Gasteiger partial charge in [0.25, 0.3) is 5.91 Å². The molecule has 0 spiro atoms. The highest BCUT2D eigenvalue weighted by molar-refractivity contribution is 8.01. The van der Waals surface area contributed by atoms with E-state index in [4.69, 9.17) is 9.47 Å². The van der Waals surface area contributed by atoms with Crippen molar-refractivity contribution in [1.29, 1.82) is 0 Å². The number of ether oxygens (including phenoxy) is 2. The standard InChI is InChI=1S/C20H26N2O4S/c1-20(2)16(17(23)21-11-7-5-6-8-11)22-18(24)14-12(19(22)27-20)9-10-13(25-3)15(14)26-4/h9-11,16,19H,5-8H2,1-4H3,(H,21,23)/t16-,19+/m1/s1. The number of nitrogens with one attached hydrogen (secondary N) is 1. The fraction of sp³-hybridized carbons (Fsp3) is 0.600. The number of amides is 2. The van der Waals surface area contributed by atoms with Gasteiger partial charge in [0.2, 0.25) is 5.91 Å². The fourth-order valence-electron chi connectivity index (χ4n) is 4.61. The molecule has 2 heterocycles. The van der Waals surface area contributed by atoms with Gasteiger partial charge in [0.05, 0.1) is 19.8 Å². The van der Waals surface area contributed by atoms with Gasteiger partial charge in [0, 0.05) is 16.4 Å². The lowest BCUT2D eigenvalue weighted by atomic mass is 10.00. The third-order valence-electron chi connectivity index (χ3n) is 5.85. The molecule has 3 aliphatic rings. The van der Waals surface area contributed by atoms with Crippen LogP contribution in [0.15, 0.2) is 12.1 Å². The van der Waals surface area contributed by atoms with Crippen LogP contribution in [-0.4, -0.2) is 47.8 Å². The van der Waals surface area contributed by atoms with E-state index in [1.807, 2.05) is 26.0 Å². The van der Waals surface area contributed by atoms with Gasteiger partial charge < -0.3 is 19.7 Å². The third-order valence-corrected chi connectivity index (χ3v) is 7.38. The Kier molecular flexibility index (Phi) is 4.53. The SMILES string of the molecule is COc1ccc2c(c1OC)C(=O)N1[C@H]2SC(C)(C)[C@H]1C(=O)NC1CCCC1. The van der Waals surface area contributed by atoms with E-state index < -0.39 is 6.04 Å². The minimum Gasteiger partial charge on any atom is -0.493 e. The van der Waals surface area contributed by atoms with Crippen LogP contribution in [0.25, 0.3) is 0 Å². The number of rotatable bonds is 4. The smallest absolute Gasteiger partial charge is 0.260 e. The molecule has 2 fully saturated rings. The molecule has 1 aliphatic carbocycles. The van der Waals surface area contributed by atoms with Gasteiger partial charge >= 0.3 is 0 Å². The van der Waals surface area contributed by atoms with Gasteiger partial charge in [-0.1, -0.05) is 18.9 Å². The van der Waals surface area contributed by atoms with Crippen LogP contribution >= 0.6 is 11.8 Å². The highest BCUT2D eigenvalue weighted by Crippen LogP contribution is 2.58. The number of nitrogens with zero attached hydrogens (tertiary/aromatic N) is 1. The second-order valence-corrected chi connectivity index (χ2v) is 9.68. The van der Waals surface area contributed by atoms with Crippen molar-refractivity contribution < 1.29 is 19.1 Å². The molecule has 1 aromatic carbocycles. The maximum Gasteiger partial charge on any atom is 0.260 e. The Morgan fingerprint density at radius 1 is 1.22 bits per heavy atom. The van der Waals surface area contributed by atoms with Gasteiger partial charge in [0.15, 0.2) is 11.5 Å². The lowest BCUT2D eigenvalue weighted by Gasteiger charge is -2.30. The van der Waals surface area contributed by atoms with Crippen LogP contribution in [-0.2, 0) is 4.79 Å². The molecule has 1 saturated carbocycles. The highest BCUT2D eigenvalue weighted by atomic mass is 32.2. The summed E-state index contributed by atoms with van der Waals surface area (Å²) in [5.74, 6) is 0.772. The van der Waals surface area contributed by atoms with E-state index in [1.54, 1.807) is 23.8 Å². The van der Waals surface area contributed by atoms with Crippen molar-refractivity contribution in [1.82, 2.24) is 10.2 Å². The molecule has 0 radical (unpaired) electrons. The zero-order valence-corrected chi connectivity index (χ0v) is 17.0. The predicted octanol–water partition coefficient (Wildman–Crippen LogP) is 3.11. The Morgan fingerprint density at radius 2 is 1.93 bits per heavy atom. The molecule has 1 saturated heterocycles. The highest BCUT2D eigenvalue weighted by Gasteiger charge is 2.58. The molecule has 146 valence electrons. The van der Waals surface area contributed by atoms with Crippen molar-refractivity contribution in [2.45, 2.75) is 61.7 Å². The number of hydrogen-bond acceptors (Lipinski definition) is 5. The van der Waals surface area contributed by atoms with Crippen molar-refractivity contribution in [3.63, 3.8) is 0 Å². The second-order valence-electron chi connectivity index (χ2n) is 7.94. The maximum absolute atomic E-state index is 13.4. The molecule has 1 N–H and O–H groups in total. The number of thioether (sulfide) groups is 1. The van der Waals surface area contributed by atoms with Crippen molar-refractivity contribution in [2.75, 3.05) is 14.2 Å². The first-order valence-electron chi connectivity index (χ1n) is 9.44.